The Morgan fingerprint density at radius 3 is 2.61 bits per heavy atom. The van der Waals surface area contributed by atoms with Gasteiger partial charge in [0.25, 0.3) is 0 Å². The van der Waals surface area contributed by atoms with Crippen molar-refractivity contribution >= 4 is 0 Å². The minimum atomic E-state index is -0.164. The average Bonchev–Trinajstić information content (AvgIpc) is 2.74. The van der Waals surface area contributed by atoms with Gasteiger partial charge in [-0.25, -0.2) is 0 Å². The van der Waals surface area contributed by atoms with Crippen molar-refractivity contribution < 1.29 is 4.74 Å². The van der Waals surface area contributed by atoms with Crippen molar-refractivity contribution in [3.8, 4) is 0 Å². The van der Waals surface area contributed by atoms with Crippen LogP contribution in [-0.2, 0) is 18.2 Å². The molecule has 104 valence electrons. The molecule has 2 unspecified atom stereocenters. The van der Waals surface area contributed by atoms with E-state index in [-0.39, 0.29) is 11.6 Å². The van der Waals surface area contributed by atoms with Crippen LogP contribution in [0.2, 0.25) is 0 Å². The van der Waals surface area contributed by atoms with Crippen LogP contribution in [0.3, 0.4) is 0 Å². The maximum atomic E-state index is 5.95. The van der Waals surface area contributed by atoms with Crippen LogP contribution in [0, 0.1) is 0 Å². The van der Waals surface area contributed by atoms with E-state index in [9.17, 15) is 0 Å². The van der Waals surface area contributed by atoms with Crippen molar-refractivity contribution in [2.75, 3.05) is 13.2 Å². The fraction of sp³-hybridized carbons (Fsp3) is 0.846. The summed E-state index contributed by atoms with van der Waals surface area (Å²) < 4.78 is 7.69. The highest BCUT2D eigenvalue weighted by atomic mass is 16.5. The second kappa shape index (κ2) is 6.85. The van der Waals surface area contributed by atoms with Gasteiger partial charge in [-0.1, -0.05) is 19.1 Å². The molecule has 0 saturated carbocycles. The molecule has 1 aromatic rings. The maximum absolute atomic E-state index is 5.95. The Hall–Kier alpha value is -0.940. The molecule has 1 rings (SSSR count). The van der Waals surface area contributed by atoms with Crippen molar-refractivity contribution in [2.24, 2.45) is 7.05 Å². The molecule has 0 bridgehead atoms. The summed E-state index contributed by atoms with van der Waals surface area (Å²) in [6, 6.07) is 0.254. The molecule has 0 amide bonds. The van der Waals surface area contributed by atoms with Crippen LogP contribution in [0.4, 0.5) is 0 Å². The van der Waals surface area contributed by atoms with Crippen LogP contribution in [0.5, 0.6) is 0 Å². The van der Waals surface area contributed by atoms with Gasteiger partial charge in [-0.15, -0.1) is 5.10 Å². The number of nitrogens with one attached hydrogen (secondary N) is 1. The minimum Gasteiger partial charge on any atom is -0.374 e. The zero-order valence-electron chi connectivity index (χ0n) is 12.2. The lowest BCUT2D eigenvalue weighted by atomic mass is 9.89. The third kappa shape index (κ3) is 3.78. The van der Waals surface area contributed by atoms with E-state index in [0.717, 1.165) is 31.7 Å². The summed E-state index contributed by atoms with van der Waals surface area (Å²) in [5, 5.41) is 11.7. The quantitative estimate of drug-likeness (QED) is 0.764. The van der Waals surface area contributed by atoms with Crippen LogP contribution in [0.1, 0.15) is 39.8 Å². The second-order valence-electron chi connectivity index (χ2n) is 4.80. The molecule has 1 heterocycles. The lowest BCUT2D eigenvalue weighted by Crippen LogP contribution is -2.51. The van der Waals surface area contributed by atoms with Crippen molar-refractivity contribution in [3.05, 3.63) is 11.9 Å². The van der Waals surface area contributed by atoms with E-state index in [1.807, 2.05) is 20.2 Å². The van der Waals surface area contributed by atoms with Crippen molar-refractivity contribution in [2.45, 2.75) is 52.2 Å². The van der Waals surface area contributed by atoms with E-state index in [0.29, 0.717) is 0 Å². The third-order valence-corrected chi connectivity index (χ3v) is 3.43. The summed E-state index contributed by atoms with van der Waals surface area (Å²) in [6.07, 6.45) is 3.77. The lowest BCUT2D eigenvalue weighted by Gasteiger charge is -2.37. The Bertz CT molecular complexity index is 353. The molecule has 2 atom stereocenters. The fourth-order valence-corrected chi connectivity index (χ4v) is 2.23. The topological polar surface area (TPSA) is 52.0 Å². The summed E-state index contributed by atoms with van der Waals surface area (Å²) in [7, 11) is 1.89. The van der Waals surface area contributed by atoms with Gasteiger partial charge in [-0.05, 0) is 26.8 Å². The van der Waals surface area contributed by atoms with Crippen molar-refractivity contribution in [3.63, 3.8) is 0 Å². The van der Waals surface area contributed by atoms with Crippen LogP contribution >= 0.6 is 0 Å². The van der Waals surface area contributed by atoms with Gasteiger partial charge < -0.3 is 10.1 Å². The highest BCUT2D eigenvalue weighted by Crippen LogP contribution is 2.22. The SMILES string of the molecule is CCNC(Cc1cn(C)nn1)C(C)(CC)OCC. The van der Waals surface area contributed by atoms with Crippen LogP contribution < -0.4 is 5.32 Å². The summed E-state index contributed by atoms with van der Waals surface area (Å²) >= 11 is 0. The summed E-state index contributed by atoms with van der Waals surface area (Å²) in [6.45, 7) is 10.1. The normalized spacial score (nSPS) is 16.5. The van der Waals surface area contributed by atoms with E-state index in [1.54, 1.807) is 4.68 Å². The van der Waals surface area contributed by atoms with Gasteiger partial charge in [0, 0.05) is 32.3 Å². The van der Waals surface area contributed by atoms with Crippen molar-refractivity contribution in [1.29, 1.82) is 0 Å². The van der Waals surface area contributed by atoms with Crippen LogP contribution in [0.15, 0.2) is 6.20 Å². The van der Waals surface area contributed by atoms with Gasteiger partial charge in [0.2, 0.25) is 0 Å². The number of hydrogen-bond acceptors (Lipinski definition) is 4. The predicted molar refractivity (Wildman–Crippen MR) is 72.5 cm³/mol. The Kier molecular flexibility index (Phi) is 5.75. The van der Waals surface area contributed by atoms with Gasteiger partial charge in [-0.2, -0.15) is 0 Å². The Labute approximate surface area is 110 Å². The average molecular weight is 254 g/mol. The number of aryl methyl sites for hydroxylation is 1. The zero-order chi connectivity index (χ0) is 13.6. The van der Waals surface area contributed by atoms with E-state index in [4.69, 9.17) is 4.74 Å². The first-order chi connectivity index (χ1) is 8.55. The largest absolute Gasteiger partial charge is 0.374 e. The van der Waals surface area contributed by atoms with E-state index in [2.05, 4.69) is 36.4 Å². The van der Waals surface area contributed by atoms with E-state index in [1.165, 1.54) is 0 Å². The van der Waals surface area contributed by atoms with Gasteiger partial charge in [0.05, 0.1) is 11.3 Å². The minimum absolute atomic E-state index is 0.164. The number of nitrogens with zero attached hydrogens (tertiary/aromatic N) is 3. The van der Waals surface area contributed by atoms with Gasteiger partial charge in [0.15, 0.2) is 0 Å². The molecule has 0 aliphatic carbocycles. The summed E-state index contributed by atoms with van der Waals surface area (Å²) in [4.78, 5) is 0. The maximum Gasteiger partial charge on any atom is 0.0843 e. The molecule has 0 radical (unpaired) electrons. The van der Waals surface area contributed by atoms with Crippen LogP contribution in [0.25, 0.3) is 0 Å². The lowest BCUT2D eigenvalue weighted by molar-refractivity contribution is -0.0548. The monoisotopic (exact) mass is 254 g/mol. The van der Waals surface area contributed by atoms with E-state index >= 15 is 0 Å². The molecule has 0 saturated heterocycles. The molecule has 5 nitrogen and oxygen atoms in total. The standard InChI is InChI=1S/C13H26N4O/c1-6-13(4,18-8-3)12(14-7-2)9-11-10-17(5)16-15-11/h10,12,14H,6-9H2,1-5H3. The smallest absolute Gasteiger partial charge is 0.0843 e. The molecule has 1 aromatic heterocycles. The first kappa shape index (κ1) is 15.1. The molecule has 0 aromatic carbocycles. The predicted octanol–water partition coefficient (Wildman–Crippen LogP) is 1.54. The zero-order valence-corrected chi connectivity index (χ0v) is 12.2. The molecule has 18 heavy (non-hydrogen) atoms. The van der Waals surface area contributed by atoms with E-state index < -0.39 is 0 Å². The second-order valence-corrected chi connectivity index (χ2v) is 4.80. The van der Waals surface area contributed by atoms with Gasteiger partial charge >= 0.3 is 0 Å². The first-order valence-electron chi connectivity index (χ1n) is 6.78. The molecule has 5 heteroatoms. The number of hydrogen-bond donors (Lipinski definition) is 1. The van der Waals surface area contributed by atoms with Gasteiger partial charge in [0.1, 0.15) is 0 Å². The molecule has 0 spiro atoms. The van der Waals surface area contributed by atoms with Gasteiger partial charge in [-0.3, -0.25) is 4.68 Å². The molecular weight excluding hydrogens is 228 g/mol. The molecular formula is C13H26N4O. The van der Waals surface area contributed by atoms with Crippen molar-refractivity contribution in [1.82, 2.24) is 20.3 Å². The number of likely N-dealkylation sites (N-methyl/N-ethyl adjacent to an activating group) is 1. The first-order valence-corrected chi connectivity index (χ1v) is 6.78. The molecule has 1 N–H and O–H groups in total. The summed E-state index contributed by atoms with van der Waals surface area (Å²) in [5.74, 6) is 0. The fourth-order valence-electron chi connectivity index (χ4n) is 2.23. The Balaban J connectivity index is 2.80. The Morgan fingerprint density at radius 2 is 2.17 bits per heavy atom. The third-order valence-electron chi connectivity index (χ3n) is 3.43. The highest BCUT2D eigenvalue weighted by molar-refractivity contribution is 5.01. The molecule has 0 fully saturated rings. The Morgan fingerprint density at radius 1 is 1.44 bits per heavy atom. The summed E-state index contributed by atoms with van der Waals surface area (Å²) in [5.41, 5.74) is 0.838. The highest BCUT2D eigenvalue weighted by Gasteiger charge is 2.33. The number of ether oxygens (including phenoxy) is 1. The number of rotatable bonds is 8. The molecule has 0 aliphatic rings. The van der Waals surface area contributed by atoms with Crippen LogP contribution in [-0.4, -0.2) is 39.8 Å². The number of aromatic nitrogens is 3. The molecule has 0 aliphatic heterocycles.